The molecule has 0 radical (unpaired) electrons. The summed E-state index contributed by atoms with van der Waals surface area (Å²) in [6, 6.07) is -0.461. The zero-order valence-electron chi connectivity index (χ0n) is 13.2. The van der Waals surface area contributed by atoms with Crippen LogP contribution in [-0.2, 0) is 0 Å². The maximum atomic E-state index is 9.71. The molecule has 2 heterocycles. The number of rotatable bonds is 1. The van der Waals surface area contributed by atoms with Gasteiger partial charge in [-0.1, -0.05) is 0 Å². The molecule has 2 amide bonds. The Balaban J connectivity index is 0.000000272. The normalized spacial score (nSPS) is 19.9. The quantitative estimate of drug-likeness (QED) is 0.483. The maximum absolute atomic E-state index is 9.71. The van der Waals surface area contributed by atoms with Crippen LogP contribution in [0.5, 0.6) is 0 Å². The van der Waals surface area contributed by atoms with E-state index >= 15 is 0 Å². The number of likely N-dealkylation sites (N-methyl/N-ethyl adjacent to an activating group) is 2. The van der Waals surface area contributed by atoms with Crippen molar-refractivity contribution in [3.05, 3.63) is 0 Å². The van der Waals surface area contributed by atoms with Crippen molar-refractivity contribution in [3.63, 3.8) is 0 Å². The van der Waals surface area contributed by atoms with Crippen molar-refractivity contribution in [1.29, 1.82) is 0 Å². The third-order valence-electron chi connectivity index (χ3n) is 3.03. The zero-order valence-corrected chi connectivity index (χ0v) is 13.2. The highest BCUT2D eigenvalue weighted by atomic mass is 16.2. The van der Waals surface area contributed by atoms with Gasteiger partial charge < -0.3 is 31.5 Å². The summed E-state index contributed by atoms with van der Waals surface area (Å²) in [7, 11) is 4.31. The molecule has 2 aliphatic rings. The Morgan fingerprint density at radius 3 is 1.45 bits per heavy atom. The Morgan fingerprint density at radius 1 is 1.00 bits per heavy atom. The summed E-state index contributed by atoms with van der Waals surface area (Å²) >= 11 is 0. The third-order valence-corrected chi connectivity index (χ3v) is 3.03. The molecule has 0 aromatic rings. The Labute approximate surface area is 123 Å². The molecule has 0 saturated carbocycles. The Kier molecular flexibility index (Phi) is 12.5. The Bertz CT molecular complexity index is 211. The molecule has 7 heteroatoms. The van der Waals surface area contributed by atoms with Crippen LogP contribution in [0.3, 0.4) is 0 Å². The number of hydrogen-bond acceptors (Lipinski definition) is 5. The monoisotopic (exact) mass is 288 g/mol. The number of piperazine rings is 2. The summed E-state index contributed by atoms with van der Waals surface area (Å²) in [5.41, 5.74) is 4.65. The minimum Gasteiger partial charge on any atom is -0.352 e. The number of nitrogens with zero attached hydrogens (tertiary/aromatic N) is 2. The summed E-state index contributed by atoms with van der Waals surface area (Å²) in [4.78, 5) is 14.4. The smallest absolute Gasteiger partial charge is 0.312 e. The minimum atomic E-state index is -0.461. The van der Waals surface area contributed by atoms with Gasteiger partial charge in [0.15, 0.2) is 0 Å². The van der Waals surface area contributed by atoms with Gasteiger partial charge in [0.05, 0.1) is 0 Å². The van der Waals surface area contributed by atoms with Gasteiger partial charge in [-0.2, -0.15) is 0 Å². The lowest BCUT2D eigenvalue weighted by molar-refractivity contribution is 0.249. The first-order valence-electron chi connectivity index (χ1n) is 7.38. The van der Waals surface area contributed by atoms with Gasteiger partial charge >= 0.3 is 6.03 Å². The van der Waals surface area contributed by atoms with Gasteiger partial charge in [0, 0.05) is 58.9 Å². The van der Waals surface area contributed by atoms with Crippen molar-refractivity contribution in [2.24, 2.45) is 5.73 Å². The molecular formula is C13H32N6O. The number of nitrogens with one attached hydrogen (secondary N) is 3. The zero-order chi connectivity index (χ0) is 15.2. The van der Waals surface area contributed by atoms with Crippen LogP contribution in [0.4, 0.5) is 4.79 Å². The van der Waals surface area contributed by atoms with Crippen LogP contribution >= 0.6 is 0 Å². The summed E-state index contributed by atoms with van der Waals surface area (Å²) in [6.45, 7) is 11.9. The first-order valence-corrected chi connectivity index (χ1v) is 7.38. The van der Waals surface area contributed by atoms with Crippen molar-refractivity contribution in [2.75, 3.05) is 73.0 Å². The highest BCUT2D eigenvalue weighted by Crippen LogP contribution is 1.83. The molecule has 20 heavy (non-hydrogen) atoms. The molecule has 120 valence electrons. The van der Waals surface area contributed by atoms with E-state index in [-0.39, 0.29) is 0 Å². The second kappa shape index (κ2) is 13.1. The van der Waals surface area contributed by atoms with Crippen LogP contribution in [0.1, 0.15) is 6.92 Å². The van der Waals surface area contributed by atoms with E-state index in [1.807, 2.05) is 6.92 Å². The molecular weight excluding hydrogens is 256 g/mol. The van der Waals surface area contributed by atoms with Gasteiger partial charge in [0.25, 0.3) is 0 Å². The van der Waals surface area contributed by atoms with Crippen molar-refractivity contribution in [2.45, 2.75) is 6.92 Å². The van der Waals surface area contributed by atoms with E-state index in [0.29, 0.717) is 6.54 Å². The molecule has 0 unspecified atom stereocenters. The Hall–Kier alpha value is -0.890. The number of nitrogens with two attached hydrogens (primary N) is 1. The van der Waals surface area contributed by atoms with E-state index in [2.05, 4.69) is 45.6 Å². The van der Waals surface area contributed by atoms with E-state index in [4.69, 9.17) is 0 Å². The molecule has 0 spiro atoms. The van der Waals surface area contributed by atoms with Crippen LogP contribution in [0, 0.1) is 0 Å². The topological polar surface area (TPSA) is 85.7 Å². The summed E-state index contributed by atoms with van der Waals surface area (Å²) < 4.78 is 0. The van der Waals surface area contributed by atoms with E-state index in [0.717, 1.165) is 26.2 Å². The van der Waals surface area contributed by atoms with E-state index in [1.54, 1.807) is 0 Å². The fourth-order valence-corrected chi connectivity index (χ4v) is 1.73. The van der Waals surface area contributed by atoms with E-state index in [9.17, 15) is 4.79 Å². The standard InChI is InChI=1S/2C5H12N2.C3H8N2O/c2*1-7-4-2-6-3-5-7;1-2-5-3(4)6/h2*6H,2-5H2,1H3;2H2,1H3,(H3,4,5,6). The number of carbonyl (C=O) groups excluding carboxylic acids is 1. The SMILES string of the molecule is CCNC(N)=O.CN1CCNCC1.CN1CCNCC1. The number of primary amides is 1. The summed E-state index contributed by atoms with van der Waals surface area (Å²) in [5, 5.41) is 8.89. The summed E-state index contributed by atoms with van der Waals surface area (Å²) in [6.07, 6.45) is 0. The molecule has 0 aromatic carbocycles. The fraction of sp³-hybridized carbons (Fsp3) is 0.923. The second-order valence-corrected chi connectivity index (χ2v) is 5.00. The van der Waals surface area contributed by atoms with E-state index in [1.165, 1.54) is 26.2 Å². The van der Waals surface area contributed by atoms with Crippen LogP contribution in [0.25, 0.3) is 0 Å². The van der Waals surface area contributed by atoms with Gasteiger partial charge in [0.1, 0.15) is 0 Å². The fourth-order valence-electron chi connectivity index (χ4n) is 1.73. The predicted molar refractivity (Wildman–Crippen MR) is 84.0 cm³/mol. The minimum absolute atomic E-state index is 0.461. The largest absolute Gasteiger partial charge is 0.352 e. The van der Waals surface area contributed by atoms with Crippen molar-refractivity contribution < 1.29 is 4.79 Å². The summed E-state index contributed by atoms with van der Waals surface area (Å²) in [5.74, 6) is 0. The number of hydrogen-bond donors (Lipinski definition) is 4. The van der Waals surface area contributed by atoms with Gasteiger partial charge in [-0.25, -0.2) is 4.79 Å². The highest BCUT2D eigenvalue weighted by molar-refractivity contribution is 5.71. The first-order chi connectivity index (χ1) is 9.56. The van der Waals surface area contributed by atoms with Crippen LogP contribution in [0.15, 0.2) is 0 Å². The predicted octanol–water partition coefficient (Wildman–Crippen LogP) is -1.28. The Morgan fingerprint density at radius 2 is 1.35 bits per heavy atom. The van der Waals surface area contributed by atoms with E-state index < -0.39 is 6.03 Å². The molecule has 2 aliphatic heterocycles. The average molecular weight is 288 g/mol. The molecule has 0 atom stereocenters. The average Bonchev–Trinajstić information content (AvgIpc) is 2.42. The molecule has 2 rings (SSSR count). The van der Waals surface area contributed by atoms with Crippen molar-refractivity contribution >= 4 is 6.03 Å². The first kappa shape index (κ1) is 19.1. The lowest BCUT2D eigenvalue weighted by atomic mass is 10.4. The van der Waals surface area contributed by atoms with Gasteiger partial charge in [0.2, 0.25) is 0 Å². The molecule has 0 aromatic heterocycles. The van der Waals surface area contributed by atoms with Gasteiger partial charge in [-0.15, -0.1) is 0 Å². The van der Waals surface area contributed by atoms with Crippen LogP contribution in [0.2, 0.25) is 0 Å². The van der Waals surface area contributed by atoms with Crippen LogP contribution in [-0.4, -0.2) is 88.8 Å². The molecule has 2 saturated heterocycles. The van der Waals surface area contributed by atoms with Crippen LogP contribution < -0.4 is 21.7 Å². The lowest BCUT2D eigenvalue weighted by Crippen LogP contribution is -2.40. The molecule has 5 N–H and O–H groups in total. The third kappa shape index (κ3) is 13.5. The maximum Gasteiger partial charge on any atom is 0.312 e. The molecule has 0 aliphatic carbocycles. The highest BCUT2D eigenvalue weighted by Gasteiger charge is 2.01. The van der Waals surface area contributed by atoms with Crippen molar-refractivity contribution in [1.82, 2.24) is 25.8 Å². The molecule has 2 fully saturated rings. The lowest BCUT2D eigenvalue weighted by Gasteiger charge is -2.21. The molecule has 7 nitrogen and oxygen atoms in total. The number of amides is 2. The second-order valence-electron chi connectivity index (χ2n) is 5.00. The number of carbonyl (C=O) groups is 1. The van der Waals surface area contributed by atoms with Crippen molar-refractivity contribution in [3.8, 4) is 0 Å². The van der Waals surface area contributed by atoms with Gasteiger partial charge in [-0.3, -0.25) is 0 Å². The molecule has 0 bridgehead atoms. The van der Waals surface area contributed by atoms with Gasteiger partial charge in [-0.05, 0) is 21.0 Å². The number of urea groups is 1.